The predicted octanol–water partition coefficient (Wildman–Crippen LogP) is 2.33. The van der Waals surface area contributed by atoms with Gasteiger partial charge in [-0.3, -0.25) is 0 Å². The van der Waals surface area contributed by atoms with Gasteiger partial charge < -0.3 is 5.32 Å². The molecule has 0 heterocycles. The molecule has 1 nitrogen and oxygen atoms in total. The van der Waals surface area contributed by atoms with Crippen LogP contribution in [0.3, 0.4) is 0 Å². The molecule has 0 aromatic rings. The van der Waals surface area contributed by atoms with Crippen molar-refractivity contribution in [3.8, 4) is 12.3 Å². The van der Waals surface area contributed by atoms with Gasteiger partial charge in [0.25, 0.3) is 0 Å². The van der Waals surface area contributed by atoms with Crippen molar-refractivity contribution >= 4 is 0 Å². The second-order valence-electron chi connectivity index (χ2n) is 3.41. The zero-order valence-electron chi connectivity index (χ0n) is 7.83. The molecule has 0 aliphatic heterocycles. The lowest BCUT2D eigenvalue weighted by atomic mass is 10.1. The van der Waals surface area contributed by atoms with Crippen LogP contribution in [0.15, 0.2) is 0 Å². The molecule has 76 valence electrons. The summed E-state index contributed by atoms with van der Waals surface area (Å²) in [6.45, 7) is 3.79. The zero-order valence-corrected chi connectivity index (χ0v) is 7.83. The van der Waals surface area contributed by atoms with Gasteiger partial charge in [-0.15, -0.1) is 6.42 Å². The Labute approximate surface area is 76.7 Å². The molecule has 0 saturated carbocycles. The Kier molecular flexibility index (Phi) is 4.28. The standard InChI is InChI=1S/C9H14F3N/c1-4-8(2,3)13-7-5-6-9(10,11)12/h1,13H,5-7H2,2-3H3. The van der Waals surface area contributed by atoms with E-state index in [4.69, 9.17) is 6.42 Å². The minimum atomic E-state index is -4.07. The second-order valence-corrected chi connectivity index (χ2v) is 3.41. The number of rotatable bonds is 4. The fourth-order valence-electron chi connectivity index (χ4n) is 0.741. The average Bonchev–Trinajstić information content (AvgIpc) is 1.97. The summed E-state index contributed by atoms with van der Waals surface area (Å²) in [5.74, 6) is 2.45. The summed E-state index contributed by atoms with van der Waals surface area (Å²) in [7, 11) is 0. The SMILES string of the molecule is C#CC(C)(C)NCCCC(F)(F)F. The summed E-state index contributed by atoms with van der Waals surface area (Å²) in [6.07, 6.45) is 0.373. The third-order valence-electron chi connectivity index (χ3n) is 1.56. The van der Waals surface area contributed by atoms with Crippen LogP contribution in [-0.4, -0.2) is 18.3 Å². The van der Waals surface area contributed by atoms with Crippen LogP contribution in [0.4, 0.5) is 13.2 Å². The van der Waals surface area contributed by atoms with Gasteiger partial charge in [0, 0.05) is 6.42 Å². The Hall–Kier alpha value is -0.690. The molecule has 0 radical (unpaired) electrons. The molecule has 0 saturated heterocycles. The van der Waals surface area contributed by atoms with E-state index in [1.54, 1.807) is 13.8 Å². The topological polar surface area (TPSA) is 12.0 Å². The van der Waals surface area contributed by atoms with E-state index in [9.17, 15) is 13.2 Å². The highest BCUT2D eigenvalue weighted by atomic mass is 19.4. The van der Waals surface area contributed by atoms with E-state index in [1.807, 2.05) is 0 Å². The largest absolute Gasteiger partial charge is 0.389 e. The van der Waals surface area contributed by atoms with E-state index in [1.165, 1.54) is 0 Å². The summed E-state index contributed by atoms with van der Waals surface area (Å²) < 4.78 is 35.1. The van der Waals surface area contributed by atoms with Crippen molar-refractivity contribution in [3.63, 3.8) is 0 Å². The van der Waals surface area contributed by atoms with Crippen LogP contribution in [0.2, 0.25) is 0 Å². The van der Waals surface area contributed by atoms with E-state index in [2.05, 4.69) is 11.2 Å². The molecule has 0 aliphatic carbocycles. The first-order valence-electron chi connectivity index (χ1n) is 4.06. The molecule has 0 rings (SSSR count). The van der Waals surface area contributed by atoms with E-state index in [0.29, 0.717) is 0 Å². The van der Waals surface area contributed by atoms with Crippen molar-refractivity contribution in [1.82, 2.24) is 5.32 Å². The quantitative estimate of drug-likeness (QED) is 0.533. The van der Waals surface area contributed by atoms with Gasteiger partial charge in [0.1, 0.15) is 0 Å². The minimum Gasteiger partial charge on any atom is -0.302 e. The van der Waals surface area contributed by atoms with Gasteiger partial charge in [0.05, 0.1) is 5.54 Å². The molecule has 13 heavy (non-hydrogen) atoms. The molecule has 0 aromatic heterocycles. The Morgan fingerprint density at radius 2 is 1.85 bits per heavy atom. The molecular weight excluding hydrogens is 179 g/mol. The summed E-state index contributed by atoms with van der Waals surface area (Å²) in [6, 6.07) is 0. The van der Waals surface area contributed by atoms with Crippen LogP contribution in [0.25, 0.3) is 0 Å². The molecule has 0 fully saturated rings. The van der Waals surface area contributed by atoms with Crippen LogP contribution in [0.5, 0.6) is 0 Å². The molecule has 0 aliphatic rings. The van der Waals surface area contributed by atoms with Crippen molar-refractivity contribution in [2.45, 2.75) is 38.4 Å². The van der Waals surface area contributed by atoms with E-state index >= 15 is 0 Å². The molecule has 0 unspecified atom stereocenters. The van der Waals surface area contributed by atoms with Gasteiger partial charge in [-0.25, -0.2) is 0 Å². The maximum Gasteiger partial charge on any atom is 0.389 e. The summed E-state index contributed by atoms with van der Waals surface area (Å²) >= 11 is 0. The lowest BCUT2D eigenvalue weighted by Crippen LogP contribution is -2.38. The molecular formula is C9H14F3N. The van der Waals surface area contributed by atoms with Gasteiger partial charge >= 0.3 is 6.18 Å². The highest BCUT2D eigenvalue weighted by molar-refractivity contribution is 5.07. The van der Waals surface area contributed by atoms with Crippen LogP contribution < -0.4 is 5.32 Å². The molecule has 0 bridgehead atoms. The number of terminal acetylenes is 1. The molecule has 0 amide bonds. The van der Waals surface area contributed by atoms with Crippen molar-refractivity contribution < 1.29 is 13.2 Å². The average molecular weight is 193 g/mol. The van der Waals surface area contributed by atoms with Gasteiger partial charge in [0.2, 0.25) is 0 Å². The maximum atomic E-state index is 11.7. The van der Waals surface area contributed by atoms with Crippen molar-refractivity contribution in [2.75, 3.05) is 6.54 Å². The van der Waals surface area contributed by atoms with E-state index < -0.39 is 18.1 Å². The van der Waals surface area contributed by atoms with Crippen LogP contribution in [0.1, 0.15) is 26.7 Å². The number of alkyl halides is 3. The third kappa shape index (κ3) is 7.66. The minimum absolute atomic E-state index is 0.0641. The zero-order chi connectivity index (χ0) is 10.5. The first kappa shape index (κ1) is 12.3. The Balaban J connectivity index is 3.54. The summed E-state index contributed by atoms with van der Waals surface area (Å²) in [4.78, 5) is 0. The fraction of sp³-hybridized carbons (Fsp3) is 0.778. The highest BCUT2D eigenvalue weighted by Gasteiger charge is 2.26. The predicted molar refractivity (Wildman–Crippen MR) is 46.2 cm³/mol. The van der Waals surface area contributed by atoms with Gasteiger partial charge in [-0.1, -0.05) is 5.92 Å². The maximum absolute atomic E-state index is 11.7. The molecule has 0 atom stereocenters. The van der Waals surface area contributed by atoms with Crippen molar-refractivity contribution in [1.29, 1.82) is 0 Å². The van der Waals surface area contributed by atoms with Crippen LogP contribution >= 0.6 is 0 Å². The number of nitrogens with one attached hydrogen (secondary N) is 1. The van der Waals surface area contributed by atoms with E-state index in [0.717, 1.165) is 0 Å². The number of halogens is 3. The molecule has 0 aromatic carbocycles. The monoisotopic (exact) mass is 193 g/mol. The molecule has 0 spiro atoms. The molecule has 4 heteroatoms. The van der Waals surface area contributed by atoms with Gasteiger partial charge in [-0.2, -0.15) is 13.2 Å². The van der Waals surface area contributed by atoms with E-state index in [-0.39, 0.29) is 13.0 Å². The first-order valence-corrected chi connectivity index (χ1v) is 4.06. The number of hydrogen-bond acceptors (Lipinski definition) is 1. The lowest BCUT2D eigenvalue weighted by molar-refractivity contribution is -0.135. The highest BCUT2D eigenvalue weighted by Crippen LogP contribution is 2.20. The van der Waals surface area contributed by atoms with Crippen LogP contribution in [0, 0.1) is 12.3 Å². The Bertz CT molecular complexity index is 188. The van der Waals surface area contributed by atoms with Gasteiger partial charge in [0.15, 0.2) is 0 Å². The summed E-state index contributed by atoms with van der Waals surface area (Å²) in [5.41, 5.74) is -0.522. The normalized spacial score (nSPS) is 12.6. The lowest BCUT2D eigenvalue weighted by Gasteiger charge is -2.19. The van der Waals surface area contributed by atoms with Crippen molar-refractivity contribution in [2.24, 2.45) is 0 Å². The number of hydrogen-bond donors (Lipinski definition) is 1. The smallest absolute Gasteiger partial charge is 0.302 e. The molecule has 1 N–H and O–H groups in total. The summed E-state index contributed by atoms with van der Waals surface area (Å²) in [5, 5.41) is 2.85. The Morgan fingerprint density at radius 1 is 1.31 bits per heavy atom. The first-order chi connectivity index (χ1) is 5.77. The second kappa shape index (κ2) is 4.52. The fourth-order valence-corrected chi connectivity index (χ4v) is 0.741. The van der Waals surface area contributed by atoms with Crippen molar-refractivity contribution in [3.05, 3.63) is 0 Å². The third-order valence-corrected chi connectivity index (χ3v) is 1.56. The Morgan fingerprint density at radius 3 is 2.23 bits per heavy atom. The van der Waals surface area contributed by atoms with Crippen LogP contribution in [-0.2, 0) is 0 Å². The van der Waals surface area contributed by atoms with Gasteiger partial charge in [-0.05, 0) is 26.8 Å².